The minimum absolute atomic E-state index is 0.0194. The largest absolute Gasteiger partial charge is 0.309 e. The number of amides is 1. The molecular weight excluding hydrogens is 244 g/mol. The summed E-state index contributed by atoms with van der Waals surface area (Å²) in [6.07, 6.45) is 3.38. The Morgan fingerprint density at radius 3 is 2.94 bits per heavy atom. The number of nitrogens with zero attached hydrogens (tertiary/aromatic N) is 6. The van der Waals surface area contributed by atoms with E-state index in [4.69, 9.17) is 17.1 Å². The highest BCUT2D eigenvalue weighted by atomic mass is 35.5. The van der Waals surface area contributed by atoms with Crippen LogP contribution in [0.25, 0.3) is 10.4 Å². The van der Waals surface area contributed by atoms with Gasteiger partial charge in [-0.15, -0.1) is 0 Å². The standard InChI is InChI=1S/C9H9ClN6O/c10-9-12-3-7(4-13-9)16-5-6(1-8(16)17)2-14-15-11/h3-4,6H,1-2,5H2. The van der Waals surface area contributed by atoms with E-state index in [9.17, 15) is 4.79 Å². The van der Waals surface area contributed by atoms with E-state index in [0.29, 0.717) is 25.2 Å². The summed E-state index contributed by atoms with van der Waals surface area (Å²) < 4.78 is 0. The van der Waals surface area contributed by atoms with E-state index in [-0.39, 0.29) is 17.1 Å². The van der Waals surface area contributed by atoms with Crippen LogP contribution in [-0.2, 0) is 4.79 Å². The molecule has 7 nitrogen and oxygen atoms in total. The molecule has 0 bridgehead atoms. The maximum Gasteiger partial charge on any atom is 0.227 e. The molecule has 0 saturated carbocycles. The van der Waals surface area contributed by atoms with E-state index < -0.39 is 0 Å². The highest BCUT2D eigenvalue weighted by Gasteiger charge is 2.30. The van der Waals surface area contributed by atoms with E-state index in [1.165, 1.54) is 12.4 Å². The fourth-order valence-corrected chi connectivity index (χ4v) is 1.85. The summed E-state index contributed by atoms with van der Waals surface area (Å²) >= 11 is 5.57. The smallest absolute Gasteiger partial charge is 0.227 e. The molecule has 17 heavy (non-hydrogen) atoms. The van der Waals surface area contributed by atoms with Gasteiger partial charge in [-0.1, -0.05) is 5.11 Å². The van der Waals surface area contributed by atoms with Gasteiger partial charge in [0.25, 0.3) is 0 Å². The fraction of sp³-hybridized carbons (Fsp3) is 0.444. The van der Waals surface area contributed by atoms with Gasteiger partial charge in [0.15, 0.2) is 0 Å². The van der Waals surface area contributed by atoms with Crippen LogP contribution in [0.4, 0.5) is 5.69 Å². The predicted octanol–water partition coefficient (Wildman–Crippen LogP) is 1.79. The van der Waals surface area contributed by atoms with Crippen molar-refractivity contribution in [1.82, 2.24) is 9.97 Å². The lowest BCUT2D eigenvalue weighted by molar-refractivity contribution is -0.117. The van der Waals surface area contributed by atoms with Crippen LogP contribution in [0.15, 0.2) is 17.5 Å². The summed E-state index contributed by atoms with van der Waals surface area (Å²) in [6.45, 7) is 0.843. The summed E-state index contributed by atoms with van der Waals surface area (Å²) in [4.78, 5) is 23.6. The maximum absolute atomic E-state index is 11.7. The molecule has 2 heterocycles. The maximum atomic E-state index is 11.7. The number of rotatable bonds is 3. The zero-order chi connectivity index (χ0) is 12.3. The Bertz CT molecular complexity index is 469. The summed E-state index contributed by atoms with van der Waals surface area (Å²) in [5.74, 6) is 0.0307. The van der Waals surface area contributed by atoms with Gasteiger partial charge in [-0.25, -0.2) is 9.97 Å². The van der Waals surface area contributed by atoms with Gasteiger partial charge in [0.1, 0.15) is 0 Å². The molecule has 0 aromatic carbocycles. The SMILES string of the molecule is [N-]=[N+]=NCC1CC(=O)N(c2cnc(Cl)nc2)C1. The first-order valence-corrected chi connectivity index (χ1v) is 5.37. The molecule has 1 aromatic heterocycles. The molecule has 1 aliphatic heterocycles. The molecular formula is C9H9ClN6O. The van der Waals surface area contributed by atoms with Crippen LogP contribution in [0.2, 0.25) is 5.28 Å². The number of hydrogen-bond donors (Lipinski definition) is 0. The minimum Gasteiger partial charge on any atom is -0.309 e. The monoisotopic (exact) mass is 252 g/mol. The first-order valence-electron chi connectivity index (χ1n) is 4.99. The first kappa shape index (κ1) is 11.6. The summed E-state index contributed by atoms with van der Waals surface area (Å²) in [7, 11) is 0. The lowest BCUT2D eigenvalue weighted by Crippen LogP contribution is -2.25. The molecule has 0 N–H and O–H groups in total. The van der Waals surface area contributed by atoms with Crippen molar-refractivity contribution in [3.05, 3.63) is 28.1 Å². The number of anilines is 1. The topological polar surface area (TPSA) is 94.9 Å². The van der Waals surface area contributed by atoms with Crippen molar-refractivity contribution in [2.45, 2.75) is 6.42 Å². The van der Waals surface area contributed by atoms with Crippen molar-refractivity contribution in [2.24, 2.45) is 11.0 Å². The Hall–Kier alpha value is -1.85. The Balaban J connectivity index is 2.10. The molecule has 1 saturated heterocycles. The quantitative estimate of drug-likeness (QED) is 0.355. The minimum atomic E-state index is -0.0194. The second-order valence-electron chi connectivity index (χ2n) is 3.70. The molecule has 88 valence electrons. The number of azide groups is 1. The lowest BCUT2D eigenvalue weighted by Gasteiger charge is -2.15. The normalized spacial score (nSPS) is 19.2. The fourth-order valence-electron chi connectivity index (χ4n) is 1.75. The Morgan fingerprint density at radius 2 is 2.29 bits per heavy atom. The molecule has 2 rings (SSSR count). The highest BCUT2D eigenvalue weighted by molar-refractivity contribution is 6.28. The lowest BCUT2D eigenvalue weighted by atomic mass is 10.1. The van der Waals surface area contributed by atoms with Crippen molar-refractivity contribution in [3.8, 4) is 0 Å². The van der Waals surface area contributed by atoms with E-state index in [2.05, 4.69) is 20.0 Å². The van der Waals surface area contributed by atoms with Crippen LogP contribution >= 0.6 is 11.6 Å². The van der Waals surface area contributed by atoms with Gasteiger partial charge in [-0.05, 0) is 23.0 Å². The van der Waals surface area contributed by atoms with Crippen LogP contribution < -0.4 is 4.90 Å². The molecule has 0 aliphatic carbocycles. The summed E-state index contributed by atoms with van der Waals surface area (Å²) in [5, 5.41) is 3.62. The number of aromatic nitrogens is 2. The van der Waals surface area contributed by atoms with E-state index in [1.54, 1.807) is 4.90 Å². The van der Waals surface area contributed by atoms with Crippen LogP contribution in [-0.4, -0.2) is 29.0 Å². The second kappa shape index (κ2) is 4.99. The van der Waals surface area contributed by atoms with Crippen molar-refractivity contribution in [1.29, 1.82) is 0 Å². The van der Waals surface area contributed by atoms with Crippen molar-refractivity contribution >= 4 is 23.2 Å². The summed E-state index contributed by atoms with van der Waals surface area (Å²) in [5.41, 5.74) is 8.84. The van der Waals surface area contributed by atoms with Gasteiger partial charge in [0.05, 0.1) is 18.1 Å². The number of carbonyl (C=O) groups excluding carboxylic acids is 1. The number of hydrogen-bond acceptors (Lipinski definition) is 4. The third kappa shape index (κ3) is 2.64. The molecule has 1 amide bonds. The highest BCUT2D eigenvalue weighted by Crippen LogP contribution is 2.24. The van der Waals surface area contributed by atoms with Crippen LogP contribution in [0.5, 0.6) is 0 Å². The van der Waals surface area contributed by atoms with Crippen LogP contribution in [0.3, 0.4) is 0 Å². The second-order valence-corrected chi connectivity index (χ2v) is 4.04. The first-order chi connectivity index (χ1) is 8.20. The molecule has 0 radical (unpaired) electrons. The third-order valence-corrected chi connectivity index (χ3v) is 2.72. The molecule has 1 atom stereocenters. The van der Waals surface area contributed by atoms with Crippen molar-refractivity contribution < 1.29 is 4.79 Å². The van der Waals surface area contributed by atoms with Gasteiger partial charge in [-0.2, -0.15) is 0 Å². The van der Waals surface area contributed by atoms with Crippen LogP contribution in [0, 0.1) is 5.92 Å². The molecule has 8 heteroatoms. The summed E-state index contributed by atoms with van der Waals surface area (Å²) in [6, 6.07) is 0. The average molecular weight is 253 g/mol. The van der Waals surface area contributed by atoms with Gasteiger partial charge < -0.3 is 4.90 Å². The Morgan fingerprint density at radius 1 is 1.59 bits per heavy atom. The van der Waals surface area contributed by atoms with Gasteiger partial charge in [-0.3, -0.25) is 4.79 Å². The van der Waals surface area contributed by atoms with Gasteiger partial charge >= 0.3 is 0 Å². The van der Waals surface area contributed by atoms with Gasteiger partial charge in [0.2, 0.25) is 11.2 Å². The van der Waals surface area contributed by atoms with E-state index in [1.807, 2.05) is 0 Å². The van der Waals surface area contributed by atoms with E-state index >= 15 is 0 Å². The van der Waals surface area contributed by atoms with E-state index in [0.717, 1.165) is 0 Å². The number of carbonyl (C=O) groups is 1. The molecule has 0 spiro atoms. The predicted molar refractivity (Wildman–Crippen MR) is 61.5 cm³/mol. The zero-order valence-electron chi connectivity index (χ0n) is 8.82. The Kier molecular flexibility index (Phi) is 3.41. The average Bonchev–Trinajstić information content (AvgIpc) is 2.69. The molecule has 1 unspecified atom stereocenters. The third-order valence-electron chi connectivity index (χ3n) is 2.53. The zero-order valence-corrected chi connectivity index (χ0v) is 9.58. The molecule has 1 aromatic rings. The molecule has 1 aliphatic rings. The van der Waals surface area contributed by atoms with Crippen molar-refractivity contribution in [3.63, 3.8) is 0 Å². The van der Waals surface area contributed by atoms with Crippen molar-refractivity contribution in [2.75, 3.05) is 18.0 Å². The Labute approximate surface area is 102 Å². The number of halogens is 1. The van der Waals surface area contributed by atoms with Gasteiger partial charge in [0, 0.05) is 24.4 Å². The van der Waals surface area contributed by atoms with Crippen LogP contribution in [0.1, 0.15) is 6.42 Å². The molecule has 1 fully saturated rings.